The quantitative estimate of drug-likeness (QED) is 0.842. The van der Waals surface area contributed by atoms with E-state index in [0.29, 0.717) is 12.2 Å². The van der Waals surface area contributed by atoms with Gasteiger partial charge in [0.25, 0.3) is 0 Å². The molecular formula is C15H20N2O3. The van der Waals surface area contributed by atoms with Crippen LogP contribution in [0.25, 0.3) is 0 Å². The molecule has 0 amide bonds. The number of ether oxygens (including phenoxy) is 1. The summed E-state index contributed by atoms with van der Waals surface area (Å²) < 4.78 is 5.13. The number of phenolic OH excluding ortho intramolecular Hbond substituents is 1. The summed E-state index contributed by atoms with van der Waals surface area (Å²) in [5.41, 5.74) is 1.45. The number of piperazine rings is 3. The van der Waals surface area contributed by atoms with Crippen LogP contribution in [-0.2, 0) is 4.74 Å². The first-order valence-electron chi connectivity index (χ1n) is 7.15. The summed E-state index contributed by atoms with van der Waals surface area (Å²) >= 11 is 0. The van der Waals surface area contributed by atoms with E-state index >= 15 is 0 Å². The van der Waals surface area contributed by atoms with Crippen LogP contribution in [0.4, 0.5) is 0 Å². The number of hydrogen-bond acceptors (Lipinski definition) is 5. The largest absolute Gasteiger partial charge is 0.508 e. The molecule has 1 atom stereocenters. The molecule has 3 saturated heterocycles. The molecule has 1 N–H and O–H groups in total. The van der Waals surface area contributed by atoms with Gasteiger partial charge in [0.2, 0.25) is 0 Å². The van der Waals surface area contributed by atoms with Crippen molar-refractivity contribution >= 4 is 5.97 Å². The summed E-state index contributed by atoms with van der Waals surface area (Å²) in [6.45, 7) is 7.28. The molecular weight excluding hydrogens is 256 g/mol. The van der Waals surface area contributed by atoms with E-state index in [9.17, 15) is 9.90 Å². The molecule has 3 aliphatic rings. The summed E-state index contributed by atoms with van der Waals surface area (Å²) in [7, 11) is 0. The lowest BCUT2D eigenvalue weighted by Gasteiger charge is -2.48. The Balaban J connectivity index is 1.95. The summed E-state index contributed by atoms with van der Waals surface area (Å²) in [5, 5.41) is 9.77. The van der Waals surface area contributed by atoms with Crippen LogP contribution >= 0.6 is 0 Å². The highest BCUT2D eigenvalue weighted by Gasteiger charge is 2.35. The van der Waals surface area contributed by atoms with E-state index in [0.717, 1.165) is 38.3 Å². The molecule has 5 heteroatoms. The zero-order valence-electron chi connectivity index (χ0n) is 11.7. The second-order valence-electron chi connectivity index (χ2n) is 5.34. The molecule has 4 rings (SSSR count). The Kier molecular flexibility index (Phi) is 3.63. The van der Waals surface area contributed by atoms with E-state index in [1.807, 2.05) is 0 Å². The van der Waals surface area contributed by atoms with Crippen molar-refractivity contribution in [3.63, 3.8) is 0 Å². The van der Waals surface area contributed by atoms with Gasteiger partial charge in [0.1, 0.15) is 5.75 Å². The maximum atomic E-state index is 12.1. The lowest BCUT2D eigenvalue weighted by atomic mass is 9.94. The molecule has 108 valence electrons. The van der Waals surface area contributed by atoms with Crippen LogP contribution in [0.2, 0.25) is 0 Å². The van der Waals surface area contributed by atoms with Gasteiger partial charge in [-0.25, -0.2) is 4.79 Å². The van der Waals surface area contributed by atoms with Crippen LogP contribution in [0.5, 0.6) is 5.75 Å². The van der Waals surface area contributed by atoms with E-state index < -0.39 is 0 Å². The maximum Gasteiger partial charge on any atom is 0.338 e. The number of nitrogens with zero attached hydrogens (tertiary/aromatic N) is 2. The molecule has 3 aliphatic heterocycles. The van der Waals surface area contributed by atoms with Crippen molar-refractivity contribution in [3.05, 3.63) is 29.3 Å². The Morgan fingerprint density at radius 2 is 2.10 bits per heavy atom. The SMILES string of the molecule is CCOC(=O)c1ccc(O)cc1C1CN2CCN1CC2. The minimum Gasteiger partial charge on any atom is -0.508 e. The molecule has 5 nitrogen and oxygen atoms in total. The average molecular weight is 276 g/mol. The molecule has 0 saturated carbocycles. The summed E-state index contributed by atoms with van der Waals surface area (Å²) in [6.07, 6.45) is 0. The normalized spacial score (nSPS) is 28.4. The van der Waals surface area contributed by atoms with Gasteiger partial charge in [-0.05, 0) is 30.7 Å². The van der Waals surface area contributed by atoms with Gasteiger partial charge in [-0.1, -0.05) is 0 Å². The van der Waals surface area contributed by atoms with Gasteiger partial charge in [0, 0.05) is 38.8 Å². The second-order valence-corrected chi connectivity index (χ2v) is 5.34. The number of phenols is 1. The van der Waals surface area contributed by atoms with E-state index in [4.69, 9.17) is 4.74 Å². The van der Waals surface area contributed by atoms with Gasteiger partial charge in [0.05, 0.1) is 12.2 Å². The van der Waals surface area contributed by atoms with Gasteiger partial charge in [-0.15, -0.1) is 0 Å². The lowest BCUT2D eigenvalue weighted by molar-refractivity contribution is 0.0113. The van der Waals surface area contributed by atoms with Gasteiger partial charge in [-0.3, -0.25) is 9.80 Å². The van der Waals surface area contributed by atoms with Crippen LogP contribution in [0.15, 0.2) is 18.2 Å². The molecule has 2 bridgehead atoms. The number of aromatic hydroxyl groups is 1. The topological polar surface area (TPSA) is 53.0 Å². The Morgan fingerprint density at radius 1 is 1.35 bits per heavy atom. The number of hydrogen-bond donors (Lipinski definition) is 1. The zero-order valence-corrected chi connectivity index (χ0v) is 11.7. The third-order valence-corrected chi connectivity index (χ3v) is 4.17. The van der Waals surface area contributed by atoms with Gasteiger partial charge in [0.15, 0.2) is 0 Å². The molecule has 20 heavy (non-hydrogen) atoms. The zero-order chi connectivity index (χ0) is 14.1. The van der Waals surface area contributed by atoms with Crippen LogP contribution in [0.1, 0.15) is 28.9 Å². The number of rotatable bonds is 3. The molecule has 3 heterocycles. The van der Waals surface area contributed by atoms with Crippen LogP contribution < -0.4 is 0 Å². The third kappa shape index (κ3) is 2.39. The molecule has 0 aliphatic carbocycles. The van der Waals surface area contributed by atoms with E-state index in [1.165, 1.54) is 0 Å². The number of carbonyl (C=O) groups is 1. The van der Waals surface area contributed by atoms with Crippen LogP contribution in [0.3, 0.4) is 0 Å². The predicted octanol–water partition coefficient (Wildman–Crippen LogP) is 1.24. The molecule has 1 aromatic rings. The van der Waals surface area contributed by atoms with Crippen molar-refractivity contribution < 1.29 is 14.6 Å². The molecule has 1 unspecified atom stereocenters. The first kappa shape index (κ1) is 13.4. The highest BCUT2D eigenvalue weighted by atomic mass is 16.5. The molecule has 3 fully saturated rings. The number of fused-ring (bicyclic) bond motifs is 3. The lowest BCUT2D eigenvalue weighted by Crippen LogP contribution is -2.57. The van der Waals surface area contributed by atoms with E-state index in [2.05, 4.69) is 9.80 Å². The van der Waals surface area contributed by atoms with Crippen molar-refractivity contribution in [2.75, 3.05) is 39.3 Å². The third-order valence-electron chi connectivity index (χ3n) is 4.17. The minimum atomic E-state index is -0.305. The smallest absolute Gasteiger partial charge is 0.338 e. The monoisotopic (exact) mass is 276 g/mol. The van der Waals surface area contributed by atoms with E-state index in [1.54, 1.807) is 25.1 Å². The molecule has 1 aromatic carbocycles. The number of carbonyl (C=O) groups excluding carboxylic acids is 1. The Hall–Kier alpha value is -1.59. The highest BCUT2D eigenvalue weighted by Crippen LogP contribution is 2.33. The average Bonchev–Trinajstić information content (AvgIpc) is 2.48. The van der Waals surface area contributed by atoms with Gasteiger partial charge in [-0.2, -0.15) is 0 Å². The second kappa shape index (κ2) is 5.42. The van der Waals surface area contributed by atoms with Gasteiger partial charge < -0.3 is 9.84 Å². The fourth-order valence-corrected chi connectivity index (χ4v) is 3.13. The summed E-state index contributed by atoms with van der Waals surface area (Å²) in [6, 6.07) is 5.09. The fraction of sp³-hybridized carbons (Fsp3) is 0.533. The summed E-state index contributed by atoms with van der Waals surface area (Å²) in [4.78, 5) is 16.9. The highest BCUT2D eigenvalue weighted by molar-refractivity contribution is 5.91. The predicted molar refractivity (Wildman–Crippen MR) is 74.8 cm³/mol. The number of esters is 1. The minimum absolute atomic E-state index is 0.170. The molecule has 0 spiro atoms. The van der Waals surface area contributed by atoms with Crippen molar-refractivity contribution in [2.45, 2.75) is 13.0 Å². The van der Waals surface area contributed by atoms with Crippen LogP contribution in [-0.4, -0.2) is 60.2 Å². The fourth-order valence-electron chi connectivity index (χ4n) is 3.13. The van der Waals surface area contributed by atoms with Crippen molar-refractivity contribution in [1.29, 1.82) is 0 Å². The Morgan fingerprint density at radius 3 is 2.70 bits per heavy atom. The van der Waals surface area contributed by atoms with Gasteiger partial charge >= 0.3 is 5.97 Å². The number of benzene rings is 1. The Bertz CT molecular complexity index is 510. The molecule has 0 radical (unpaired) electrons. The van der Waals surface area contributed by atoms with Crippen molar-refractivity contribution in [1.82, 2.24) is 9.80 Å². The first-order valence-corrected chi connectivity index (χ1v) is 7.15. The maximum absolute atomic E-state index is 12.1. The van der Waals surface area contributed by atoms with E-state index in [-0.39, 0.29) is 17.8 Å². The Labute approximate surface area is 118 Å². The van der Waals surface area contributed by atoms with Crippen molar-refractivity contribution in [2.24, 2.45) is 0 Å². The van der Waals surface area contributed by atoms with Crippen molar-refractivity contribution in [3.8, 4) is 5.75 Å². The standard InChI is InChI=1S/C15H20N2O3/c1-2-20-15(19)12-4-3-11(18)9-13(12)14-10-16-5-7-17(14)8-6-16/h3-4,9,14,18H,2,5-8,10H2,1H3. The summed E-state index contributed by atoms with van der Waals surface area (Å²) in [5.74, 6) is -0.106. The van der Waals surface area contributed by atoms with Crippen LogP contribution in [0, 0.1) is 0 Å². The first-order chi connectivity index (χ1) is 9.69. The molecule has 0 aromatic heterocycles.